The smallest absolute Gasteiger partial charge is 0.0561 e. The van der Waals surface area contributed by atoms with E-state index in [1.54, 1.807) is 0 Å². The quantitative estimate of drug-likeness (QED) is 0.133. The second kappa shape index (κ2) is 17.8. The molecule has 0 radical (unpaired) electrons. The van der Waals surface area contributed by atoms with Crippen LogP contribution in [0.5, 0.6) is 0 Å². The van der Waals surface area contributed by atoms with Crippen LogP contribution >= 0.6 is 0 Å². The van der Waals surface area contributed by atoms with Crippen molar-refractivity contribution in [2.75, 3.05) is 4.90 Å². The molecule has 0 saturated heterocycles. The van der Waals surface area contributed by atoms with Gasteiger partial charge in [0.25, 0.3) is 0 Å². The minimum atomic E-state index is 1.06. The van der Waals surface area contributed by atoms with Gasteiger partial charge in [-0.3, -0.25) is 0 Å². The lowest BCUT2D eigenvalue weighted by Gasteiger charge is -2.31. The van der Waals surface area contributed by atoms with Gasteiger partial charge in [0.05, 0.1) is 22.4 Å². The zero-order valence-corrected chi connectivity index (χ0v) is 37.5. The molecule has 0 N–H and O–H groups in total. The van der Waals surface area contributed by atoms with E-state index in [1.807, 2.05) is 0 Å². The molecule has 0 unspecified atom stereocenters. The van der Waals surface area contributed by atoms with Crippen LogP contribution in [0.25, 0.3) is 94.3 Å². The highest BCUT2D eigenvalue weighted by Gasteiger charge is 2.25. The SMILES string of the molecule is c1ccc(-c2ccc(-c3ccccc3N(c3ccc4c5ccccc5n(-c5ccccc5)c4c3)c3ccc(-c4ccccc4-c4ccccc4)cc3-c3ccccc3-c3ccccc3)cc2)cc1. The minimum Gasteiger partial charge on any atom is -0.309 e. The van der Waals surface area contributed by atoms with Gasteiger partial charge in [0.1, 0.15) is 0 Å². The molecule has 12 aromatic rings. The average Bonchev–Trinajstić information content (AvgIpc) is 3.76. The van der Waals surface area contributed by atoms with Gasteiger partial charge in [-0.15, -0.1) is 0 Å². The molecule has 12 rings (SSSR count). The lowest BCUT2D eigenvalue weighted by molar-refractivity contribution is 1.18. The van der Waals surface area contributed by atoms with Gasteiger partial charge in [0.15, 0.2) is 0 Å². The standard InChI is InChI=1S/C66H46N2/c1-5-21-47(22-6-1)48-37-39-51(40-38-48)58-32-17-19-35-63(58)68(54-42-43-61-60-34-18-20-36-64(60)67(66(61)46-54)53-27-11-4-12-28-53)65-44-41-52(57-31-14-13-29-55(57)49-23-7-2-8-24-49)45-62(65)59-33-16-15-30-56(59)50-25-9-3-10-26-50/h1-46H. The first-order valence-corrected chi connectivity index (χ1v) is 23.3. The molecule has 0 aliphatic carbocycles. The van der Waals surface area contributed by atoms with Crippen molar-refractivity contribution in [2.45, 2.75) is 0 Å². The van der Waals surface area contributed by atoms with Crippen molar-refractivity contribution < 1.29 is 0 Å². The summed E-state index contributed by atoms with van der Waals surface area (Å²) in [6, 6.07) is 101. The van der Waals surface area contributed by atoms with Crippen molar-refractivity contribution >= 4 is 38.9 Å². The zero-order valence-electron chi connectivity index (χ0n) is 37.5. The summed E-state index contributed by atoms with van der Waals surface area (Å²) in [5.74, 6) is 0. The summed E-state index contributed by atoms with van der Waals surface area (Å²) in [6.45, 7) is 0. The fraction of sp³-hybridized carbons (Fsp3) is 0. The fourth-order valence-electron chi connectivity index (χ4n) is 10.1. The van der Waals surface area contributed by atoms with Crippen LogP contribution in [0.15, 0.2) is 279 Å². The number of anilines is 3. The fourth-order valence-corrected chi connectivity index (χ4v) is 10.1. The highest BCUT2D eigenvalue weighted by atomic mass is 15.1. The molecule has 2 nitrogen and oxygen atoms in total. The topological polar surface area (TPSA) is 8.17 Å². The van der Waals surface area contributed by atoms with Crippen molar-refractivity contribution in [2.24, 2.45) is 0 Å². The normalized spacial score (nSPS) is 11.2. The van der Waals surface area contributed by atoms with Crippen molar-refractivity contribution in [1.82, 2.24) is 4.57 Å². The Morgan fingerprint density at radius 2 is 0.662 bits per heavy atom. The van der Waals surface area contributed by atoms with E-state index in [-0.39, 0.29) is 0 Å². The summed E-state index contributed by atoms with van der Waals surface area (Å²) in [6.07, 6.45) is 0. The highest BCUT2D eigenvalue weighted by molar-refractivity contribution is 6.11. The van der Waals surface area contributed by atoms with Gasteiger partial charge in [-0.05, 0) is 104 Å². The van der Waals surface area contributed by atoms with Crippen LogP contribution in [-0.2, 0) is 0 Å². The van der Waals surface area contributed by atoms with Gasteiger partial charge in [-0.2, -0.15) is 0 Å². The van der Waals surface area contributed by atoms with Gasteiger partial charge >= 0.3 is 0 Å². The Hall–Kier alpha value is -8.98. The number of para-hydroxylation sites is 3. The number of rotatable bonds is 10. The summed E-state index contributed by atoms with van der Waals surface area (Å²) < 4.78 is 2.41. The second-order valence-electron chi connectivity index (χ2n) is 17.2. The summed E-state index contributed by atoms with van der Waals surface area (Å²) in [4.78, 5) is 2.50. The molecule has 0 spiro atoms. The first-order chi connectivity index (χ1) is 33.8. The molecular weight excluding hydrogens is 821 g/mol. The van der Waals surface area contributed by atoms with E-state index in [2.05, 4.69) is 289 Å². The van der Waals surface area contributed by atoms with Gasteiger partial charge in [0.2, 0.25) is 0 Å². The zero-order chi connectivity index (χ0) is 45.2. The Morgan fingerprint density at radius 3 is 1.32 bits per heavy atom. The third-order valence-electron chi connectivity index (χ3n) is 13.2. The molecule has 0 bridgehead atoms. The maximum Gasteiger partial charge on any atom is 0.0561 e. The molecule has 0 saturated carbocycles. The summed E-state index contributed by atoms with van der Waals surface area (Å²) in [7, 11) is 0. The van der Waals surface area contributed by atoms with E-state index >= 15 is 0 Å². The summed E-state index contributed by atoms with van der Waals surface area (Å²) in [5.41, 5.74) is 20.7. The average molecular weight is 867 g/mol. The van der Waals surface area contributed by atoms with Crippen LogP contribution in [0.3, 0.4) is 0 Å². The first kappa shape index (κ1) is 40.5. The number of fused-ring (bicyclic) bond motifs is 3. The lowest BCUT2D eigenvalue weighted by atomic mass is 9.88. The predicted molar refractivity (Wildman–Crippen MR) is 288 cm³/mol. The molecular formula is C66H46N2. The summed E-state index contributed by atoms with van der Waals surface area (Å²) in [5, 5.41) is 2.43. The number of aromatic nitrogens is 1. The lowest BCUT2D eigenvalue weighted by Crippen LogP contribution is -2.13. The Kier molecular flexibility index (Phi) is 10.6. The monoisotopic (exact) mass is 866 g/mol. The Morgan fingerprint density at radius 1 is 0.235 bits per heavy atom. The molecule has 0 fully saturated rings. The number of benzene rings is 11. The van der Waals surface area contributed by atoms with E-state index in [1.165, 1.54) is 55.2 Å². The van der Waals surface area contributed by atoms with Crippen molar-refractivity contribution in [1.29, 1.82) is 0 Å². The van der Waals surface area contributed by atoms with Crippen LogP contribution in [0.4, 0.5) is 17.1 Å². The van der Waals surface area contributed by atoms with E-state index in [0.717, 1.165) is 56.1 Å². The third-order valence-corrected chi connectivity index (χ3v) is 13.2. The first-order valence-electron chi connectivity index (χ1n) is 23.3. The molecule has 68 heavy (non-hydrogen) atoms. The highest BCUT2D eigenvalue weighted by Crippen LogP contribution is 2.49. The van der Waals surface area contributed by atoms with Gasteiger partial charge in [0, 0.05) is 33.3 Å². The molecule has 0 amide bonds. The maximum atomic E-state index is 2.50. The molecule has 320 valence electrons. The van der Waals surface area contributed by atoms with Crippen molar-refractivity contribution in [3.63, 3.8) is 0 Å². The Bertz CT molecular complexity index is 3710. The minimum absolute atomic E-state index is 1.06. The predicted octanol–water partition coefficient (Wildman–Crippen LogP) is 18.3. The molecule has 1 aromatic heterocycles. The largest absolute Gasteiger partial charge is 0.309 e. The van der Waals surface area contributed by atoms with E-state index < -0.39 is 0 Å². The van der Waals surface area contributed by atoms with E-state index in [4.69, 9.17) is 0 Å². The molecule has 2 heteroatoms. The number of nitrogens with zero attached hydrogens (tertiary/aromatic N) is 2. The van der Waals surface area contributed by atoms with Crippen LogP contribution in [-0.4, -0.2) is 4.57 Å². The maximum absolute atomic E-state index is 2.50. The molecule has 0 aliphatic rings. The summed E-state index contributed by atoms with van der Waals surface area (Å²) >= 11 is 0. The van der Waals surface area contributed by atoms with Crippen molar-refractivity contribution in [3.05, 3.63) is 279 Å². The van der Waals surface area contributed by atoms with Gasteiger partial charge in [-0.25, -0.2) is 0 Å². The van der Waals surface area contributed by atoms with Crippen LogP contribution in [0.2, 0.25) is 0 Å². The Balaban J connectivity index is 1.15. The van der Waals surface area contributed by atoms with Gasteiger partial charge < -0.3 is 9.47 Å². The third kappa shape index (κ3) is 7.45. The van der Waals surface area contributed by atoms with E-state index in [9.17, 15) is 0 Å². The van der Waals surface area contributed by atoms with Crippen LogP contribution in [0.1, 0.15) is 0 Å². The van der Waals surface area contributed by atoms with E-state index in [0.29, 0.717) is 0 Å². The molecule has 0 atom stereocenters. The molecule has 0 aliphatic heterocycles. The Labute approximate surface area is 397 Å². The van der Waals surface area contributed by atoms with Gasteiger partial charge in [-0.1, -0.05) is 231 Å². The van der Waals surface area contributed by atoms with Crippen LogP contribution in [0, 0.1) is 0 Å². The second-order valence-corrected chi connectivity index (χ2v) is 17.2. The number of hydrogen-bond acceptors (Lipinski definition) is 1. The van der Waals surface area contributed by atoms with Crippen LogP contribution < -0.4 is 4.90 Å². The van der Waals surface area contributed by atoms with Crippen molar-refractivity contribution in [3.8, 4) is 72.4 Å². The molecule has 1 heterocycles. The molecule has 11 aromatic carbocycles. The number of hydrogen-bond donors (Lipinski definition) is 0.